The molecular formula is C21H27N3O. The van der Waals surface area contributed by atoms with Gasteiger partial charge in [-0.15, -0.1) is 0 Å². The highest BCUT2D eigenvalue weighted by Crippen LogP contribution is 2.29. The smallest absolute Gasteiger partial charge is 0.253 e. The van der Waals surface area contributed by atoms with Gasteiger partial charge in [-0.25, -0.2) is 4.98 Å². The van der Waals surface area contributed by atoms with Crippen LogP contribution in [0.3, 0.4) is 0 Å². The van der Waals surface area contributed by atoms with Gasteiger partial charge < -0.3 is 10.2 Å². The van der Waals surface area contributed by atoms with Gasteiger partial charge in [-0.2, -0.15) is 0 Å². The summed E-state index contributed by atoms with van der Waals surface area (Å²) >= 11 is 0. The fourth-order valence-corrected chi connectivity index (χ4v) is 4.23. The van der Waals surface area contributed by atoms with Crippen molar-refractivity contribution < 1.29 is 4.79 Å². The summed E-state index contributed by atoms with van der Waals surface area (Å²) in [5.41, 5.74) is 0.710. The van der Waals surface area contributed by atoms with Gasteiger partial charge >= 0.3 is 0 Å². The molecule has 4 heteroatoms. The molecule has 4 rings (SSSR count). The third-order valence-corrected chi connectivity index (χ3v) is 5.61. The Kier molecular flexibility index (Phi) is 4.86. The molecule has 1 aromatic heterocycles. The summed E-state index contributed by atoms with van der Waals surface area (Å²) in [5.74, 6) is 1.06. The minimum Gasteiger partial charge on any atom is -0.356 e. The molecule has 0 spiro atoms. The monoisotopic (exact) mass is 337 g/mol. The third-order valence-electron chi connectivity index (χ3n) is 5.61. The molecule has 2 heterocycles. The van der Waals surface area contributed by atoms with Crippen molar-refractivity contribution in [1.29, 1.82) is 0 Å². The van der Waals surface area contributed by atoms with E-state index in [2.05, 4.69) is 22.3 Å². The number of carbonyl (C=O) groups is 1. The SMILES string of the molecule is O=C(NC1CCCCC1)c1cnc(N2CCCCC2)c2ccccc12. The molecule has 132 valence electrons. The Balaban J connectivity index is 1.64. The number of carbonyl (C=O) groups excluding carboxylic acids is 1. The van der Waals surface area contributed by atoms with E-state index >= 15 is 0 Å². The normalized spacial score (nSPS) is 19.1. The fourth-order valence-electron chi connectivity index (χ4n) is 4.23. The number of benzene rings is 1. The van der Waals surface area contributed by atoms with Crippen molar-refractivity contribution in [3.05, 3.63) is 36.0 Å². The number of anilines is 1. The average Bonchev–Trinajstić information content (AvgIpc) is 2.68. The number of amides is 1. The molecule has 0 bridgehead atoms. The van der Waals surface area contributed by atoms with Gasteiger partial charge in [0, 0.05) is 30.7 Å². The van der Waals surface area contributed by atoms with Crippen molar-refractivity contribution in [2.24, 2.45) is 0 Å². The number of rotatable bonds is 3. The van der Waals surface area contributed by atoms with Crippen LogP contribution in [0.4, 0.5) is 5.82 Å². The van der Waals surface area contributed by atoms with E-state index < -0.39 is 0 Å². The van der Waals surface area contributed by atoms with E-state index in [4.69, 9.17) is 4.98 Å². The van der Waals surface area contributed by atoms with E-state index in [1.165, 1.54) is 38.5 Å². The Morgan fingerprint density at radius 3 is 2.40 bits per heavy atom. The zero-order chi connectivity index (χ0) is 17.1. The molecule has 25 heavy (non-hydrogen) atoms. The zero-order valence-electron chi connectivity index (χ0n) is 14.8. The van der Waals surface area contributed by atoms with Crippen molar-refractivity contribution in [3.63, 3.8) is 0 Å². The molecule has 1 aliphatic heterocycles. The molecule has 4 nitrogen and oxygen atoms in total. The van der Waals surface area contributed by atoms with E-state index in [9.17, 15) is 4.79 Å². The summed E-state index contributed by atoms with van der Waals surface area (Å²) in [4.78, 5) is 19.9. The maximum atomic E-state index is 12.8. The number of pyridine rings is 1. The third kappa shape index (κ3) is 3.48. The number of hydrogen-bond acceptors (Lipinski definition) is 3. The number of hydrogen-bond donors (Lipinski definition) is 1. The Bertz CT molecular complexity index is 746. The van der Waals surface area contributed by atoms with E-state index in [1.807, 2.05) is 12.1 Å². The number of aromatic nitrogens is 1. The van der Waals surface area contributed by atoms with Crippen molar-refractivity contribution in [2.45, 2.75) is 57.4 Å². The van der Waals surface area contributed by atoms with Crippen LogP contribution in [0.2, 0.25) is 0 Å². The molecule has 1 aliphatic carbocycles. The second-order valence-electron chi connectivity index (χ2n) is 7.40. The predicted octanol–water partition coefficient (Wildman–Crippen LogP) is 4.29. The van der Waals surface area contributed by atoms with Crippen molar-refractivity contribution in [3.8, 4) is 0 Å². The summed E-state index contributed by atoms with van der Waals surface area (Å²) in [6, 6.07) is 8.53. The first-order chi connectivity index (χ1) is 12.3. The second kappa shape index (κ2) is 7.42. The molecule has 1 amide bonds. The van der Waals surface area contributed by atoms with Gasteiger partial charge in [-0.05, 0) is 37.5 Å². The molecular weight excluding hydrogens is 310 g/mol. The summed E-state index contributed by atoms with van der Waals surface area (Å²) in [6.45, 7) is 2.12. The molecule has 2 aliphatic rings. The molecule has 1 N–H and O–H groups in total. The predicted molar refractivity (Wildman–Crippen MR) is 102 cm³/mol. The lowest BCUT2D eigenvalue weighted by molar-refractivity contribution is 0.0929. The number of fused-ring (bicyclic) bond motifs is 1. The highest BCUT2D eigenvalue weighted by Gasteiger charge is 2.21. The van der Waals surface area contributed by atoms with Crippen LogP contribution in [0.15, 0.2) is 30.5 Å². The molecule has 1 saturated carbocycles. The maximum Gasteiger partial charge on any atom is 0.253 e. The van der Waals surface area contributed by atoms with Gasteiger partial charge in [0.1, 0.15) is 5.82 Å². The lowest BCUT2D eigenvalue weighted by Crippen LogP contribution is -2.36. The number of nitrogens with one attached hydrogen (secondary N) is 1. The Morgan fingerprint density at radius 1 is 0.960 bits per heavy atom. The van der Waals surface area contributed by atoms with E-state index in [0.717, 1.165) is 42.5 Å². The molecule has 0 radical (unpaired) electrons. The van der Waals surface area contributed by atoms with Crippen molar-refractivity contribution in [1.82, 2.24) is 10.3 Å². The van der Waals surface area contributed by atoms with E-state index in [0.29, 0.717) is 11.6 Å². The maximum absolute atomic E-state index is 12.8. The molecule has 2 fully saturated rings. The molecule has 2 aromatic rings. The Labute approximate surface area is 149 Å². The summed E-state index contributed by atoms with van der Waals surface area (Å²) in [7, 11) is 0. The van der Waals surface area contributed by atoms with Gasteiger partial charge in [-0.3, -0.25) is 4.79 Å². The Morgan fingerprint density at radius 2 is 1.64 bits per heavy atom. The van der Waals surface area contributed by atoms with E-state index in [1.54, 1.807) is 6.20 Å². The highest BCUT2D eigenvalue weighted by atomic mass is 16.1. The zero-order valence-corrected chi connectivity index (χ0v) is 14.8. The Hall–Kier alpha value is -2.10. The minimum atomic E-state index is 0.0285. The summed E-state index contributed by atoms with van der Waals surface area (Å²) in [5, 5.41) is 5.35. The number of piperidine rings is 1. The summed E-state index contributed by atoms with van der Waals surface area (Å²) < 4.78 is 0. The van der Waals surface area contributed by atoms with Crippen LogP contribution in [-0.2, 0) is 0 Å². The second-order valence-corrected chi connectivity index (χ2v) is 7.40. The molecule has 1 saturated heterocycles. The van der Waals surface area contributed by atoms with Crippen molar-refractivity contribution in [2.75, 3.05) is 18.0 Å². The first-order valence-corrected chi connectivity index (χ1v) is 9.76. The molecule has 0 unspecified atom stereocenters. The van der Waals surface area contributed by atoms with Crippen molar-refractivity contribution >= 4 is 22.5 Å². The minimum absolute atomic E-state index is 0.0285. The van der Waals surface area contributed by atoms with Crippen LogP contribution in [0, 0.1) is 0 Å². The highest BCUT2D eigenvalue weighted by molar-refractivity contribution is 6.09. The summed E-state index contributed by atoms with van der Waals surface area (Å²) in [6.07, 6.45) is 11.5. The quantitative estimate of drug-likeness (QED) is 0.909. The van der Waals surface area contributed by atoms with Gasteiger partial charge in [0.25, 0.3) is 5.91 Å². The van der Waals surface area contributed by atoms with Gasteiger partial charge in [-0.1, -0.05) is 43.5 Å². The van der Waals surface area contributed by atoms with Gasteiger partial charge in [0.05, 0.1) is 5.56 Å². The first-order valence-electron chi connectivity index (χ1n) is 9.76. The topological polar surface area (TPSA) is 45.2 Å². The van der Waals surface area contributed by atoms with Crippen LogP contribution in [-0.4, -0.2) is 30.0 Å². The van der Waals surface area contributed by atoms with Gasteiger partial charge in [0.2, 0.25) is 0 Å². The largest absolute Gasteiger partial charge is 0.356 e. The van der Waals surface area contributed by atoms with Crippen LogP contribution < -0.4 is 10.2 Å². The number of nitrogens with zero attached hydrogens (tertiary/aromatic N) is 2. The van der Waals surface area contributed by atoms with Crippen LogP contribution in [0.25, 0.3) is 10.8 Å². The fraction of sp³-hybridized carbons (Fsp3) is 0.524. The average molecular weight is 337 g/mol. The molecule has 0 atom stereocenters. The first kappa shape index (κ1) is 16.4. The van der Waals surface area contributed by atoms with E-state index in [-0.39, 0.29) is 5.91 Å². The van der Waals surface area contributed by atoms with Gasteiger partial charge in [0.15, 0.2) is 0 Å². The standard InChI is InChI=1S/C21H27N3O/c25-21(23-16-9-3-1-4-10-16)19-15-22-20(24-13-7-2-8-14-24)18-12-6-5-11-17(18)19/h5-6,11-12,15-16H,1-4,7-10,13-14H2,(H,23,25). The lowest BCUT2D eigenvalue weighted by Gasteiger charge is -2.29. The lowest BCUT2D eigenvalue weighted by atomic mass is 9.95. The van der Waals surface area contributed by atoms with Crippen LogP contribution in [0.5, 0.6) is 0 Å². The van der Waals surface area contributed by atoms with Crippen LogP contribution in [0.1, 0.15) is 61.7 Å². The molecule has 1 aromatic carbocycles. The van der Waals surface area contributed by atoms with Crippen LogP contribution >= 0.6 is 0 Å².